The van der Waals surface area contributed by atoms with Gasteiger partial charge in [0.25, 0.3) is 0 Å². The molecule has 2 atom stereocenters. The van der Waals surface area contributed by atoms with Crippen molar-refractivity contribution in [1.29, 1.82) is 0 Å². The fourth-order valence-corrected chi connectivity index (χ4v) is 1.31. The molecule has 0 aromatic rings. The van der Waals surface area contributed by atoms with Crippen molar-refractivity contribution in [2.24, 2.45) is 5.92 Å². The third-order valence-electron chi connectivity index (χ3n) is 1.90. The highest BCUT2D eigenvalue weighted by molar-refractivity contribution is 5.72. The summed E-state index contributed by atoms with van der Waals surface area (Å²) < 4.78 is 16.9. The molecule has 0 aliphatic heterocycles. The van der Waals surface area contributed by atoms with Crippen LogP contribution in [0.15, 0.2) is 0 Å². The predicted octanol–water partition coefficient (Wildman–Crippen LogP) is 1.30. The zero-order valence-corrected chi connectivity index (χ0v) is 5.97. The van der Waals surface area contributed by atoms with Crippen LogP contribution in [0.4, 0.5) is 4.39 Å². The highest BCUT2D eigenvalue weighted by Crippen LogP contribution is 2.28. The Morgan fingerprint density at radius 1 is 1.60 bits per heavy atom. The van der Waals surface area contributed by atoms with E-state index < -0.39 is 6.17 Å². The first-order valence-electron chi connectivity index (χ1n) is 3.46. The third-order valence-corrected chi connectivity index (χ3v) is 1.90. The van der Waals surface area contributed by atoms with Crippen LogP contribution in [0.1, 0.15) is 19.3 Å². The summed E-state index contributed by atoms with van der Waals surface area (Å²) >= 11 is 0. The second kappa shape index (κ2) is 2.99. The Kier molecular flexibility index (Phi) is 2.25. The Morgan fingerprint density at radius 3 is 2.70 bits per heavy atom. The van der Waals surface area contributed by atoms with Crippen molar-refractivity contribution in [3.05, 3.63) is 0 Å². The number of esters is 1. The first-order chi connectivity index (χ1) is 4.74. The van der Waals surface area contributed by atoms with E-state index >= 15 is 0 Å². The number of alkyl halides is 1. The lowest BCUT2D eigenvalue weighted by molar-refractivity contribution is -0.145. The lowest BCUT2D eigenvalue weighted by atomic mass is 10.1. The molecule has 0 aromatic heterocycles. The van der Waals surface area contributed by atoms with Crippen molar-refractivity contribution >= 4 is 5.97 Å². The van der Waals surface area contributed by atoms with Crippen molar-refractivity contribution in [2.75, 3.05) is 7.11 Å². The van der Waals surface area contributed by atoms with Gasteiger partial charge in [0.1, 0.15) is 6.17 Å². The monoisotopic (exact) mass is 146 g/mol. The molecule has 10 heavy (non-hydrogen) atoms. The Labute approximate surface area is 59.4 Å². The summed E-state index contributed by atoms with van der Waals surface area (Å²) in [5.41, 5.74) is 0. The van der Waals surface area contributed by atoms with Gasteiger partial charge in [0.15, 0.2) is 0 Å². The highest BCUT2D eigenvalue weighted by Gasteiger charge is 2.30. The number of rotatable bonds is 1. The maximum absolute atomic E-state index is 12.5. The summed E-state index contributed by atoms with van der Waals surface area (Å²) in [7, 11) is 1.34. The molecule has 2 nitrogen and oxygen atoms in total. The summed E-state index contributed by atoms with van der Waals surface area (Å²) in [6, 6.07) is 0. The smallest absolute Gasteiger partial charge is 0.308 e. The molecule has 0 amide bonds. The summed E-state index contributed by atoms with van der Waals surface area (Å²) in [6.45, 7) is 0. The third kappa shape index (κ3) is 1.46. The Bertz CT molecular complexity index is 136. The van der Waals surface area contributed by atoms with Crippen LogP contribution < -0.4 is 0 Å². The Balaban J connectivity index is 2.37. The molecular weight excluding hydrogens is 135 g/mol. The minimum absolute atomic E-state index is 0.181. The second-order valence-electron chi connectivity index (χ2n) is 2.63. The molecule has 0 radical (unpaired) electrons. The predicted molar refractivity (Wildman–Crippen MR) is 34.3 cm³/mol. The molecule has 58 valence electrons. The van der Waals surface area contributed by atoms with Gasteiger partial charge in [0.2, 0.25) is 0 Å². The van der Waals surface area contributed by atoms with E-state index in [-0.39, 0.29) is 11.9 Å². The summed E-state index contributed by atoms with van der Waals surface area (Å²) in [4.78, 5) is 10.8. The van der Waals surface area contributed by atoms with Crippen LogP contribution in [0, 0.1) is 5.92 Å². The van der Waals surface area contributed by atoms with Gasteiger partial charge in [-0.05, 0) is 19.3 Å². The van der Waals surface area contributed by atoms with Gasteiger partial charge in [-0.3, -0.25) is 4.79 Å². The van der Waals surface area contributed by atoms with E-state index in [2.05, 4.69) is 4.74 Å². The molecule has 0 N–H and O–H groups in total. The van der Waals surface area contributed by atoms with Gasteiger partial charge in [0, 0.05) is 0 Å². The molecule has 3 heteroatoms. The van der Waals surface area contributed by atoms with Crippen molar-refractivity contribution in [2.45, 2.75) is 25.4 Å². The average molecular weight is 146 g/mol. The number of halogens is 1. The van der Waals surface area contributed by atoms with Gasteiger partial charge in [-0.25, -0.2) is 4.39 Å². The second-order valence-corrected chi connectivity index (χ2v) is 2.63. The minimum Gasteiger partial charge on any atom is -0.469 e. The quantitative estimate of drug-likeness (QED) is 0.521. The van der Waals surface area contributed by atoms with Gasteiger partial charge < -0.3 is 4.74 Å². The summed E-state index contributed by atoms with van der Waals surface area (Å²) in [6.07, 6.45) is 0.726. The van der Waals surface area contributed by atoms with Crippen molar-refractivity contribution in [3.63, 3.8) is 0 Å². The van der Waals surface area contributed by atoms with E-state index in [1.54, 1.807) is 0 Å². The van der Waals surface area contributed by atoms with Gasteiger partial charge in [-0.1, -0.05) is 0 Å². The van der Waals surface area contributed by atoms with E-state index in [0.29, 0.717) is 19.3 Å². The molecule has 0 unspecified atom stereocenters. The largest absolute Gasteiger partial charge is 0.469 e. The standard InChI is InChI=1S/C7H11FO2/c1-10-7(9)5-2-3-6(8)4-5/h5-6H,2-4H2,1H3/t5-,6+/m0/s1. The number of carbonyl (C=O) groups excluding carboxylic acids is 1. The summed E-state index contributed by atoms with van der Waals surface area (Å²) in [5, 5.41) is 0. The fraction of sp³-hybridized carbons (Fsp3) is 0.857. The molecule has 1 aliphatic carbocycles. The van der Waals surface area contributed by atoms with Crippen LogP contribution in [0.3, 0.4) is 0 Å². The SMILES string of the molecule is COC(=O)[C@H]1CC[C@@H](F)C1. The Morgan fingerprint density at radius 2 is 2.30 bits per heavy atom. The number of hydrogen-bond acceptors (Lipinski definition) is 2. The number of ether oxygens (including phenoxy) is 1. The fourth-order valence-electron chi connectivity index (χ4n) is 1.31. The van der Waals surface area contributed by atoms with Crippen LogP contribution >= 0.6 is 0 Å². The maximum atomic E-state index is 12.5. The number of methoxy groups -OCH3 is 1. The maximum Gasteiger partial charge on any atom is 0.308 e. The first-order valence-corrected chi connectivity index (χ1v) is 3.46. The minimum atomic E-state index is -0.788. The molecule has 0 spiro atoms. The molecule has 1 rings (SSSR count). The zero-order valence-electron chi connectivity index (χ0n) is 5.97. The normalized spacial score (nSPS) is 32.2. The van der Waals surface area contributed by atoms with Crippen LogP contribution in [0.25, 0.3) is 0 Å². The van der Waals surface area contributed by atoms with E-state index in [4.69, 9.17) is 0 Å². The van der Waals surface area contributed by atoms with Gasteiger partial charge in [-0.15, -0.1) is 0 Å². The number of hydrogen-bond donors (Lipinski definition) is 0. The molecule has 0 bridgehead atoms. The molecular formula is C7H11FO2. The van der Waals surface area contributed by atoms with E-state index in [1.165, 1.54) is 7.11 Å². The summed E-state index contributed by atoms with van der Waals surface area (Å²) in [5.74, 6) is -0.444. The van der Waals surface area contributed by atoms with E-state index in [0.717, 1.165) is 0 Å². The zero-order chi connectivity index (χ0) is 7.56. The van der Waals surface area contributed by atoms with E-state index in [9.17, 15) is 9.18 Å². The van der Waals surface area contributed by atoms with Crippen molar-refractivity contribution in [3.8, 4) is 0 Å². The topological polar surface area (TPSA) is 26.3 Å². The molecule has 1 fully saturated rings. The van der Waals surface area contributed by atoms with Crippen LogP contribution in [-0.4, -0.2) is 19.3 Å². The van der Waals surface area contributed by atoms with Crippen LogP contribution in [-0.2, 0) is 9.53 Å². The Hall–Kier alpha value is -0.600. The first kappa shape index (κ1) is 7.51. The van der Waals surface area contributed by atoms with Crippen LogP contribution in [0.2, 0.25) is 0 Å². The lowest BCUT2D eigenvalue weighted by Crippen LogP contribution is -2.12. The van der Waals surface area contributed by atoms with Gasteiger partial charge in [-0.2, -0.15) is 0 Å². The van der Waals surface area contributed by atoms with Gasteiger partial charge >= 0.3 is 5.97 Å². The van der Waals surface area contributed by atoms with E-state index in [1.807, 2.05) is 0 Å². The molecule has 0 saturated heterocycles. The molecule has 0 heterocycles. The number of carbonyl (C=O) groups is 1. The van der Waals surface area contributed by atoms with Gasteiger partial charge in [0.05, 0.1) is 13.0 Å². The van der Waals surface area contributed by atoms with Crippen LogP contribution in [0.5, 0.6) is 0 Å². The van der Waals surface area contributed by atoms with Crippen molar-refractivity contribution < 1.29 is 13.9 Å². The van der Waals surface area contributed by atoms with Crippen molar-refractivity contribution in [1.82, 2.24) is 0 Å². The lowest BCUT2D eigenvalue weighted by Gasteiger charge is -2.03. The average Bonchev–Trinajstić information content (AvgIpc) is 2.34. The molecule has 1 saturated carbocycles. The highest BCUT2D eigenvalue weighted by atomic mass is 19.1. The molecule has 0 aromatic carbocycles. The molecule has 1 aliphatic rings.